The van der Waals surface area contributed by atoms with Crippen LogP contribution in [0.5, 0.6) is 0 Å². The van der Waals surface area contributed by atoms with E-state index in [2.05, 4.69) is 20.8 Å². The third-order valence-corrected chi connectivity index (χ3v) is 9.11. The summed E-state index contributed by atoms with van der Waals surface area (Å²) in [5, 5.41) is 0. The number of rotatable bonds is 7. The molecule has 0 aliphatic rings. The molecule has 5 heteroatoms. The second-order valence-electron chi connectivity index (χ2n) is 2.92. The predicted molar refractivity (Wildman–Crippen MR) is 59.2 cm³/mol. The van der Waals surface area contributed by atoms with Gasteiger partial charge in [-0.25, -0.2) is 0 Å². The zero-order valence-electron chi connectivity index (χ0n) is 9.29. The van der Waals surface area contributed by atoms with Gasteiger partial charge in [-0.1, -0.05) is 20.8 Å². The van der Waals surface area contributed by atoms with Gasteiger partial charge in [-0.05, 0) is 18.1 Å². The molecule has 0 rings (SSSR count). The van der Waals surface area contributed by atoms with Gasteiger partial charge < -0.3 is 13.3 Å². The van der Waals surface area contributed by atoms with Gasteiger partial charge in [0.05, 0.1) is 0 Å². The van der Waals surface area contributed by atoms with Crippen LogP contribution >= 0.6 is 8.60 Å². The van der Waals surface area contributed by atoms with Gasteiger partial charge in [0.2, 0.25) is 8.32 Å². The largest absolute Gasteiger partial charge is 0.354 e. The fourth-order valence-electron chi connectivity index (χ4n) is 1.25. The molecule has 13 heavy (non-hydrogen) atoms. The fourth-order valence-corrected chi connectivity index (χ4v) is 6.31. The molecule has 0 radical (unpaired) electrons. The van der Waals surface area contributed by atoms with Crippen molar-refractivity contribution in [1.82, 2.24) is 0 Å². The molecule has 0 saturated carbocycles. The molecule has 0 aromatic carbocycles. The minimum atomic E-state index is -1.54. The average Bonchev–Trinajstić information content (AvgIpc) is 2.21. The number of hydrogen-bond donors (Lipinski definition) is 0. The van der Waals surface area contributed by atoms with E-state index in [0.29, 0.717) is 0 Å². The summed E-state index contributed by atoms with van der Waals surface area (Å²) in [5.41, 5.74) is 0. The second kappa shape index (κ2) is 6.90. The van der Waals surface area contributed by atoms with E-state index in [1.54, 1.807) is 14.2 Å². The zero-order valence-corrected chi connectivity index (χ0v) is 11.2. The van der Waals surface area contributed by atoms with Gasteiger partial charge in [-0.15, -0.1) is 0 Å². The molecule has 0 amide bonds. The van der Waals surface area contributed by atoms with Crippen LogP contribution in [0, 0.1) is 0 Å². The van der Waals surface area contributed by atoms with E-state index < -0.39 is 16.9 Å². The van der Waals surface area contributed by atoms with Crippen LogP contribution in [0.1, 0.15) is 20.8 Å². The summed E-state index contributed by atoms with van der Waals surface area (Å²) in [5.74, 6) is 0. The van der Waals surface area contributed by atoms with Crippen LogP contribution in [-0.2, 0) is 13.3 Å². The van der Waals surface area contributed by atoms with Gasteiger partial charge in [0, 0.05) is 14.2 Å². The molecule has 3 nitrogen and oxygen atoms in total. The molecule has 0 saturated heterocycles. The van der Waals surface area contributed by atoms with Gasteiger partial charge in [0.25, 0.3) is 0 Å². The van der Waals surface area contributed by atoms with Gasteiger partial charge >= 0.3 is 8.60 Å². The molecular formula is C8H21O3PSi. The molecule has 0 N–H and O–H groups in total. The lowest BCUT2D eigenvalue weighted by Crippen LogP contribution is -2.34. The summed E-state index contributed by atoms with van der Waals surface area (Å²) < 4.78 is 16.2. The summed E-state index contributed by atoms with van der Waals surface area (Å²) in [4.78, 5) is 0. The van der Waals surface area contributed by atoms with Gasteiger partial charge in [0.1, 0.15) is 0 Å². The van der Waals surface area contributed by atoms with Crippen LogP contribution in [0.25, 0.3) is 0 Å². The maximum atomic E-state index is 5.94. The highest BCUT2D eigenvalue weighted by Gasteiger charge is 2.33. The molecule has 0 atom stereocenters. The Hall–Kier alpha value is 0.527. The predicted octanol–water partition coefficient (Wildman–Crippen LogP) is 3.53. The lowest BCUT2D eigenvalue weighted by molar-refractivity contribution is 0.272. The van der Waals surface area contributed by atoms with Crippen LogP contribution in [0.3, 0.4) is 0 Å². The van der Waals surface area contributed by atoms with Gasteiger partial charge in [-0.2, -0.15) is 0 Å². The first-order valence-corrected chi connectivity index (χ1v) is 8.38. The van der Waals surface area contributed by atoms with Gasteiger partial charge in [-0.3, -0.25) is 0 Å². The average molecular weight is 224 g/mol. The zero-order chi connectivity index (χ0) is 10.3. The third kappa shape index (κ3) is 4.04. The Morgan fingerprint density at radius 3 is 1.54 bits per heavy atom. The highest BCUT2D eigenvalue weighted by Crippen LogP contribution is 2.43. The van der Waals surface area contributed by atoms with Crippen molar-refractivity contribution < 1.29 is 13.3 Å². The van der Waals surface area contributed by atoms with Crippen LogP contribution in [0.2, 0.25) is 18.1 Å². The van der Waals surface area contributed by atoms with Crippen molar-refractivity contribution in [2.75, 3.05) is 14.2 Å². The van der Waals surface area contributed by atoms with Crippen LogP contribution in [0.4, 0.5) is 0 Å². The Bertz CT molecular complexity index is 118. The van der Waals surface area contributed by atoms with Crippen LogP contribution in [0.15, 0.2) is 0 Å². The first-order valence-electron chi connectivity index (χ1n) is 4.75. The second-order valence-corrected chi connectivity index (χ2v) is 9.32. The van der Waals surface area contributed by atoms with E-state index in [0.717, 1.165) is 18.1 Å². The fraction of sp³-hybridized carbons (Fsp3) is 1.00. The van der Waals surface area contributed by atoms with E-state index in [-0.39, 0.29) is 0 Å². The lowest BCUT2D eigenvalue weighted by Gasteiger charge is -2.29. The van der Waals surface area contributed by atoms with E-state index >= 15 is 0 Å². The Labute approximate surface area is 83.9 Å². The van der Waals surface area contributed by atoms with E-state index in [1.165, 1.54) is 0 Å². The standard InChI is InChI=1S/C8H21O3PSi/c1-6-13(7-2,8-3)11-12(9-4)10-5/h6-8H2,1-5H3. The molecule has 0 aliphatic carbocycles. The molecule has 0 bridgehead atoms. The molecular weight excluding hydrogens is 203 g/mol. The SMILES string of the molecule is CC[Si](CC)(CC)OP(OC)OC. The topological polar surface area (TPSA) is 27.7 Å². The summed E-state index contributed by atoms with van der Waals surface area (Å²) in [6.45, 7) is 6.58. The third-order valence-electron chi connectivity index (χ3n) is 2.50. The van der Waals surface area contributed by atoms with Crippen molar-refractivity contribution in [3.8, 4) is 0 Å². The summed E-state index contributed by atoms with van der Waals surface area (Å²) in [7, 11) is 0.625. The highest BCUT2D eigenvalue weighted by molar-refractivity contribution is 7.43. The van der Waals surface area contributed by atoms with E-state index in [4.69, 9.17) is 13.3 Å². The van der Waals surface area contributed by atoms with Crippen molar-refractivity contribution in [3.63, 3.8) is 0 Å². The van der Waals surface area contributed by atoms with Crippen LogP contribution < -0.4 is 0 Å². The molecule has 0 aromatic rings. The molecule has 0 aliphatic heterocycles. The first kappa shape index (κ1) is 13.5. The molecule has 0 unspecified atom stereocenters. The minimum absolute atomic E-state index is 1.10. The minimum Gasteiger partial charge on any atom is -0.354 e. The van der Waals surface area contributed by atoms with E-state index in [1.807, 2.05) is 0 Å². The molecule has 0 aromatic heterocycles. The van der Waals surface area contributed by atoms with Crippen molar-refractivity contribution >= 4 is 16.9 Å². The van der Waals surface area contributed by atoms with E-state index in [9.17, 15) is 0 Å². The van der Waals surface area contributed by atoms with Crippen LogP contribution in [-0.4, -0.2) is 22.5 Å². The quantitative estimate of drug-likeness (QED) is 0.489. The van der Waals surface area contributed by atoms with Crippen molar-refractivity contribution in [3.05, 3.63) is 0 Å². The maximum Gasteiger partial charge on any atom is 0.321 e. The maximum absolute atomic E-state index is 5.94. The van der Waals surface area contributed by atoms with Crippen molar-refractivity contribution in [2.45, 2.75) is 38.9 Å². The smallest absolute Gasteiger partial charge is 0.321 e. The first-order chi connectivity index (χ1) is 6.17. The molecule has 0 fully saturated rings. The van der Waals surface area contributed by atoms with Crippen molar-refractivity contribution in [2.24, 2.45) is 0 Å². The summed E-state index contributed by atoms with van der Waals surface area (Å²) in [6, 6.07) is 3.39. The Kier molecular flexibility index (Phi) is 7.18. The monoisotopic (exact) mass is 224 g/mol. The summed E-state index contributed by atoms with van der Waals surface area (Å²) in [6.07, 6.45) is 0. The normalized spacial score (nSPS) is 12.5. The van der Waals surface area contributed by atoms with Crippen molar-refractivity contribution in [1.29, 1.82) is 0 Å². The molecule has 0 heterocycles. The molecule has 0 spiro atoms. The molecule has 80 valence electrons. The number of hydrogen-bond acceptors (Lipinski definition) is 3. The Balaban J connectivity index is 4.21. The highest BCUT2D eigenvalue weighted by atomic mass is 31.2. The Morgan fingerprint density at radius 1 is 0.923 bits per heavy atom. The summed E-state index contributed by atoms with van der Waals surface area (Å²) >= 11 is 0. The Morgan fingerprint density at radius 2 is 1.31 bits per heavy atom. The van der Waals surface area contributed by atoms with Gasteiger partial charge in [0.15, 0.2) is 0 Å². The lowest BCUT2D eigenvalue weighted by atomic mass is 10.9.